The maximum Gasteiger partial charge on any atom is 0.296 e. The van der Waals surface area contributed by atoms with E-state index in [9.17, 15) is 14.9 Å². The van der Waals surface area contributed by atoms with E-state index in [0.29, 0.717) is 11.5 Å². The second-order valence-electron chi connectivity index (χ2n) is 6.72. The van der Waals surface area contributed by atoms with Crippen LogP contribution in [0.5, 0.6) is 11.5 Å². The molecule has 2 aromatic rings. The molecule has 0 unspecified atom stereocenters. The molecule has 0 aliphatic heterocycles. The van der Waals surface area contributed by atoms with Gasteiger partial charge in [0.2, 0.25) is 0 Å². The van der Waals surface area contributed by atoms with E-state index in [-0.39, 0.29) is 23.4 Å². The summed E-state index contributed by atoms with van der Waals surface area (Å²) < 4.78 is 10.6. The molecule has 7 heteroatoms. The lowest BCUT2D eigenvalue weighted by Crippen LogP contribution is -2.22. The van der Waals surface area contributed by atoms with Gasteiger partial charge < -0.3 is 14.8 Å². The molecular weight excluding hydrogens is 336 g/mol. The number of nitrogens with zero attached hydrogens (tertiary/aromatic N) is 1. The molecule has 0 saturated carbocycles. The predicted molar refractivity (Wildman–Crippen MR) is 98.9 cm³/mol. The van der Waals surface area contributed by atoms with Crippen molar-refractivity contribution in [2.75, 3.05) is 19.0 Å². The van der Waals surface area contributed by atoms with E-state index in [2.05, 4.69) is 26.1 Å². The monoisotopic (exact) mass is 358 g/mol. The number of anilines is 1. The maximum atomic E-state index is 12.2. The Morgan fingerprint density at radius 3 is 2.50 bits per heavy atom. The topological polar surface area (TPSA) is 90.7 Å². The van der Waals surface area contributed by atoms with Gasteiger partial charge in [0.1, 0.15) is 17.2 Å². The smallest absolute Gasteiger partial charge is 0.296 e. The van der Waals surface area contributed by atoms with Crippen LogP contribution in [-0.4, -0.2) is 24.5 Å². The summed E-state index contributed by atoms with van der Waals surface area (Å²) in [6.07, 6.45) is 0. The largest absolute Gasteiger partial charge is 0.496 e. The van der Waals surface area contributed by atoms with Gasteiger partial charge in [-0.1, -0.05) is 39.0 Å². The lowest BCUT2D eigenvalue weighted by molar-refractivity contribution is -0.384. The van der Waals surface area contributed by atoms with E-state index in [1.807, 2.05) is 18.2 Å². The molecule has 0 atom stereocenters. The summed E-state index contributed by atoms with van der Waals surface area (Å²) in [5, 5.41) is 13.7. The number of nitro groups is 1. The zero-order chi connectivity index (χ0) is 19.3. The number of rotatable bonds is 6. The summed E-state index contributed by atoms with van der Waals surface area (Å²) in [7, 11) is 1.41. The number of amides is 1. The Kier molecular flexibility index (Phi) is 5.82. The molecule has 0 aliphatic rings. The Labute approximate surface area is 152 Å². The molecule has 1 amide bonds. The van der Waals surface area contributed by atoms with E-state index < -0.39 is 10.8 Å². The molecule has 0 aromatic heterocycles. The van der Waals surface area contributed by atoms with Crippen molar-refractivity contribution < 1.29 is 19.2 Å². The van der Waals surface area contributed by atoms with Gasteiger partial charge in [0.25, 0.3) is 11.6 Å². The van der Waals surface area contributed by atoms with Crippen molar-refractivity contribution in [2.45, 2.75) is 26.2 Å². The second kappa shape index (κ2) is 7.86. The minimum absolute atomic E-state index is 0.0912. The van der Waals surface area contributed by atoms with E-state index >= 15 is 0 Å². The number of hydrogen-bond donors (Lipinski definition) is 1. The van der Waals surface area contributed by atoms with Crippen LogP contribution in [0.3, 0.4) is 0 Å². The highest BCUT2D eigenvalue weighted by Crippen LogP contribution is 2.31. The molecule has 26 heavy (non-hydrogen) atoms. The first-order chi connectivity index (χ1) is 12.2. The van der Waals surface area contributed by atoms with Crippen molar-refractivity contribution in [3.05, 3.63) is 58.1 Å². The van der Waals surface area contributed by atoms with Gasteiger partial charge in [-0.05, 0) is 29.2 Å². The van der Waals surface area contributed by atoms with Crippen LogP contribution < -0.4 is 14.8 Å². The van der Waals surface area contributed by atoms with E-state index in [1.54, 1.807) is 12.1 Å². The lowest BCUT2D eigenvalue weighted by Gasteiger charge is -2.22. The minimum atomic E-state index is -0.576. The number of methoxy groups -OCH3 is 1. The van der Waals surface area contributed by atoms with Crippen molar-refractivity contribution in [1.29, 1.82) is 0 Å². The third kappa shape index (κ3) is 4.72. The Morgan fingerprint density at radius 2 is 1.88 bits per heavy atom. The molecule has 1 N–H and O–H groups in total. The van der Waals surface area contributed by atoms with Crippen LogP contribution in [-0.2, 0) is 10.2 Å². The molecule has 0 fully saturated rings. The lowest BCUT2D eigenvalue weighted by atomic mass is 9.86. The van der Waals surface area contributed by atoms with Crippen LogP contribution in [0.1, 0.15) is 26.3 Å². The highest BCUT2D eigenvalue weighted by Gasteiger charge is 2.20. The van der Waals surface area contributed by atoms with Gasteiger partial charge in [-0.3, -0.25) is 14.9 Å². The first-order valence-corrected chi connectivity index (χ1v) is 8.07. The zero-order valence-corrected chi connectivity index (χ0v) is 15.2. The summed E-state index contributed by atoms with van der Waals surface area (Å²) >= 11 is 0. The molecule has 2 aromatic carbocycles. The summed E-state index contributed by atoms with van der Waals surface area (Å²) in [5.41, 5.74) is 0.687. The zero-order valence-electron chi connectivity index (χ0n) is 15.2. The average molecular weight is 358 g/mol. The van der Waals surface area contributed by atoms with Crippen LogP contribution >= 0.6 is 0 Å². The first kappa shape index (κ1) is 19.2. The Balaban J connectivity index is 2.10. The highest BCUT2D eigenvalue weighted by atomic mass is 16.6. The number of carbonyl (C=O) groups is 1. The average Bonchev–Trinajstić information content (AvgIpc) is 2.59. The minimum Gasteiger partial charge on any atom is -0.496 e. The molecular formula is C19H22N2O5. The summed E-state index contributed by atoms with van der Waals surface area (Å²) in [6, 6.07) is 11.7. The Morgan fingerprint density at radius 1 is 1.19 bits per heavy atom. The van der Waals surface area contributed by atoms with E-state index in [1.165, 1.54) is 19.2 Å². The van der Waals surface area contributed by atoms with E-state index in [0.717, 1.165) is 5.56 Å². The Bertz CT molecular complexity index is 812. The van der Waals surface area contributed by atoms with Crippen molar-refractivity contribution in [1.82, 2.24) is 0 Å². The fraction of sp³-hybridized carbons (Fsp3) is 0.316. The third-order valence-electron chi connectivity index (χ3n) is 3.73. The SMILES string of the molecule is COc1ccc(NC(=O)COc2ccccc2C(C)(C)C)c([N+](=O)[O-])c1. The first-order valence-electron chi connectivity index (χ1n) is 8.07. The molecule has 0 radical (unpaired) electrons. The normalized spacial score (nSPS) is 10.9. The van der Waals surface area contributed by atoms with Gasteiger partial charge in [-0.2, -0.15) is 0 Å². The number of nitrogens with one attached hydrogen (secondary N) is 1. The van der Waals surface area contributed by atoms with Crippen molar-refractivity contribution in [3.8, 4) is 11.5 Å². The fourth-order valence-electron chi connectivity index (χ4n) is 2.44. The molecule has 138 valence electrons. The number of para-hydroxylation sites is 1. The number of ether oxygens (including phenoxy) is 2. The van der Waals surface area contributed by atoms with Crippen molar-refractivity contribution >= 4 is 17.3 Å². The highest BCUT2D eigenvalue weighted by molar-refractivity contribution is 5.94. The predicted octanol–water partition coefficient (Wildman–Crippen LogP) is 3.92. The molecule has 0 saturated heterocycles. The van der Waals surface area contributed by atoms with Gasteiger partial charge in [0.05, 0.1) is 18.1 Å². The molecule has 0 aliphatic carbocycles. The van der Waals surface area contributed by atoms with Gasteiger partial charge in [0, 0.05) is 0 Å². The van der Waals surface area contributed by atoms with Crippen LogP contribution in [0.2, 0.25) is 0 Å². The maximum absolute atomic E-state index is 12.2. The van der Waals surface area contributed by atoms with Gasteiger partial charge in [0.15, 0.2) is 6.61 Å². The quantitative estimate of drug-likeness (QED) is 0.624. The molecule has 0 bridgehead atoms. The van der Waals surface area contributed by atoms with Crippen LogP contribution in [0.15, 0.2) is 42.5 Å². The summed E-state index contributed by atoms with van der Waals surface area (Å²) in [5.74, 6) is 0.464. The van der Waals surface area contributed by atoms with Crippen molar-refractivity contribution in [3.63, 3.8) is 0 Å². The summed E-state index contributed by atoms with van der Waals surface area (Å²) in [4.78, 5) is 22.8. The van der Waals surface area contributed by atoms with E-state index in [4.69, 9.17) is 9.47 Å². The second-order valence-corrected chi connectivity index (χ2v) is 6.72. The molecule has 7 nitrogen and oxygen atoms in total. The van der Waals surface area contributed by atoms with Crippen LogP contribution in [0.25, 0.3) is 0 Å². The number of benzene rings is 2. The van der Waals surface area contributed by atoms with Gasteiger partial charge >= 0.3 is 0 Å². The number of carbonyl (C=O) groups excluding carboxylic acids is 1. The van der Waals surface area contributed by atoms with Crippen molar-refractivity contribution in [2.24, 2.45) is 0 Å². The van der Waals surface area contributed by atoms with Gasteiger partial charge in [-0.25, -0.2) is 0 Å². The Hall–Kier alpha value is -3.09. The third-order valence-corrected chi connectivity index (χ3v) is 3.73. The fourth-order valence-corrected chi connectivity index (χ4v) is 2.44. The van der Waals surface area contributed by atoms with Crippen LogP contribution in [0.4, 0.5) is 11.4 Å². The molecule has 0 spiro atoms. The molecule has 2 rings (SSSR count). The number of nitro benzene ring substituents is 1. The summed E-state index contributed by atoms with van der Waals surface area (Å²) in [6.45, 7) is 5.90. The standard InChI is InChI=1S/C19H22N2O5/c1-19(2,3)14-7-5-6-8-17(14)26-12-18(22)20-15-10-9-13(25-4)11-16(15)21(23)24/h5-11H,12H2,1-4H3,(H,20,22). The number of hydrogen-bond acceptors (Lipinski definition) is 5. The molecule has 0 heterocycles. The van der Waals surface area contributed by atoms with Crippen LogP contribution in [0, 0.1) is 10.1 Å². The van der Waals surface area contributed by atoms with Gasteiger partial charge in [-0.15, -0.1) is 0 Å².